The van der Waals surface area contributed by atoms with Gasteiger partial charge in [0.15, 0.2) is 0 Å². The molecule has 16 unspecified atom stereocenters. The zero-order valence-corrected chi connectivity index (χ0v) is 67.2. The van der Waals surface area contributed by atoms with Gasteiger partial charge in [0.05, 0.1) is 16.1 Å². The van der Waals surface area contributed by atoms with E-state index in [0.717, 1.165) is 121 Å². The van der Waals surface area contributed by atoms with Gasteiger partial charge in [0.1, 0.15) is 0 Å². The number of allylic oxidation sites excluding steroid dienone is 4. The number of hydrogen-bond acceptors (Lipinski definition) is 4. The molecule has 0 N–H and O–H groups in total. The van der Waals surface area contributed by atoms with Gasteiger partial charge >= 0.3 is 70.8 Å². The van der Waals surface area contributed by atoms with Crippen LogP contribution in [-0.4, -0.2) is 57.0 Å². The van der Waals surface area contributed by atoms with Crippen molar-refractivity contribution in [3.63, 3.8) is 0 Å². The van der Waals surface area contributed by atoms with Gasteiger partial charge in [-0.2, -0.15) is 0 Å². The van der Waals surface area contributed by atoms with Crippen LogP contribution in [0.15, 0.2) is 100 Å². The minimum atomic E-state index is -1.72. The summed E-state index contributed by atoms with van der Waals surface area (Å²) in [6.45, 7) is 21.1. The van der Waals surface area contributed by atoms with Gasteiger partial charge in [-0.25, -0.2) is 0 Å². The Hall–Kier alpha value is 4.19. The van der Waals surface area contributed by atoms with E-state index in [1.807, 2.05) is 60.7 Å². The zero-order valence-electron chi connectivity index (χ0n) is 45.8. The van der Waals surface area contributed by atoms with E-state index in [1.54, 1.807) is 0 Å². The van der Waals surface area contributed by atoms with E-state index in [4.69, 9.17) is 50.3 Å². The Labute approximate surface area is 564 Å². The van der Waals surface area contributed by atoms with Crippen molar-refractivity contribution in [1.29, 1.82) is 0 Å². The van der Waals surface area contributed by atoms with E-state index in [2.05, 4.69) is 197 Å². The summed E-state index contributed by atoms with van der Waals surface area (Å²) in [6.07, 6.45) is 6.60. The van der Waals surface area contributed by atoms with Crippen molar-refractivity contribution in [3.8, 4) is 0 Å². The van der Waals surface area contributed by atoms with E-state index in [-0.39, 0.29) is 55.9 Å². The fourth-order valence-corrected chi connectivity index (χ4v) is 40.4. The van der Waals surface area contributed by atoms with Crippen molar-refractivity contribution in [2.45, 2.75) is 129 Å². The predicted molar refractivity (Wildman–Crippen MR) is 368 cm³/mol. The van der Waals surface area contributed by atoms with Gasteiger partial charge in [-0.15, -0.1) is 105 Å². The molecule has 0 spiro atoms. The minimum absolute atomic E-state index is 0. The van der Waals surface area contributed by atoms with Gasteiger partial charge in [-0.3, -0.25) is 0 Å². The first kappa shape index (κ1) is 77.2. The average molecular weight is 1660 g/mol. The third-order valence-electron chi connectivity index (χ3n) is 16.6. The molecule has 10 rings (SSSR count). The van der Waals surface area contributed by atoms with Gasteiger partial charge in [0.2, 0.25) is 0 Å². The molecular formula is C55H81Br4Cl5N2S4Si3Zr2. The monoisotopic (exact) mass is 1650 g/mol. The van der Waals surface area contributed by atoms with Crippen LogP contribution in [-0.2, 0) is 47.1 Å². The van der Waals surface area contributed by atoms with E-state index < -0.39 is 43.7 Å². The number of para-hydroxylation sites is 2. The van der Waals surface area contributed by atoms with Gasteiger partial charge < -0.3 is 40.3 Å². The zero-order chi connectivity index (χ0) is 51.1. The first-order chi connectivity index (χ1) is 33.2. The average Bonchev–Trinajstić information content (AvgIpc) is 4.20. The van der Waals surface area contributed by atoms with Crippen LogP contribution in [0.25, 0.3) is 10.6 Å². The summed E-state index contributed by atoms with van der Waals surface area (Å²) in [6, 6.07) is 20.1. The summed E-state index contributed by atoms with van der Waals surface area (Å²) in [5.74, 6) is 6.81. The van der Waals surface area contributed by atoms with E-state index in [1.165, 1.54) is 43.6 Å². The van der Waals surface area contributed by atoms with Crippen molar-refractivity contribution < 1.29 is 47.1 Å². The molecule has 16 atom stereocenters. The number of hydrogen-bond donors (Lipinski definition) is 0. The largest absolute Gasteiger partial charge is 4.00 e. The second-order valence-corrected chi connectivity index (χ2v) is 49.5. The van der Waals surface area contributed by atoms with E-state index in [9.17, 15) is 0 Å². The number of halogens is 9. The maximum atomic E-state index is 4.94. The topological polar surface area (TPSA) is 28.2 Å². The van der Waals surface area contributed by atoms with Crippen LogP contribution in [0.4, 0.5) is 11.4 Å². The minimum Gasteiger partial charge on any atom is -0.684 e. The third kappa shape index (κ3) is 19.6. The summed E-state index contributed by atoms with van der Waals surface area (Å²) in [7, 11) is 7.18. The standard InChI is InChI=1S/2C18H26Br2S2Si.C15H16N2.4CH3.Cl3HSi.2ClH.2Zr/c2*1-9-5-11-13(19)7-21-15(11)17(9)23(3,4)18-10(2)6-12-14(20)8-22-16(12)18;1-3-8-14(9-4-1)16-12-7-13-17-15-10-5-2-6-11-15;;;;;1-4(2)3;;;;/h2*7-12,15-18H,5-6H2,1-4H3;1-6,8-11H,7,12-13H2;4*1H3;4H;2*1H;;/q;;-2;4*-1;;;;2*+4/p-2. The summed E-state index contributed by atoms with van der Waals surface area (Å²) in [5.41, 5.74) is 5.97. The van der Waals surface area contributed by atoms with Crippen molar-refractivity contribution in [1.82, 2.24) is 0 Å². The first-order valence-corrected chi connectivity index (χ1v) is 49.4. The van der Waals surface area contributed by atoms with Crippen molar-refractivity contribution in [2.24, 2.45) is 47.3 Å². The molecule has 2 aromatic carbocycles. The predicted octanol–water partition coefficient (Wildman–Crippen LogP) is 24.3. The van der Waals surface area contributed by atoms with E-state index in [0.29, 0.717) is 0 Å². The Morgan fingerprint density at radius 2 is 0.707 bits per heavy atom. The SMILES string of the molecule is CC1CC2C(Br)=CSC2C1[Si](C)(C)C1C(C)CC2C(Br)=CSC21.CC1CC2C(Br)=CSC2C1[Si](C)(C)C1C(C)CC2C(Br)=CSC21.Cl[SiH](Cl)Cl.[CH3-].[CH3-].[CH3-].[CH3-].[Cl][Zr+2][Cl].[Zr+4].c1ccc([N-]CCC[N-]c2ccccc2)cc1. The smallest absolute Gasteiger partial charge is 0.684 e. The Balaban J connectivity index is 0.000000518. The van der Waals surface area contributed by atoms with Crippen LogP contribution < -0.4 is 0 Å². The second kappa shape index (κ2) is 36.4. The molecule has 4 saturated carbocycles. The molecule has 0 amide bonds. The molecule has 0 saturated heterocycles. The molecule has 8 aliphatic rings. The Morgan fingerprint density at radius 1 is 0.493 bits per heavy atom. The fraction of sp³-hybridized carbons (Fsp3) is 0.564. The van der Waals surface area contributed by atoms with Crippen LogP contribution in [0.2, 0.25) is 48.4 Å². The van der Waals surface area contributed by atoms with Gasteiger partial charge in [-0.05, 0) is 93.2 Å². The fourth-order valence-electron chi connectivity index (χ4n) is 14.4. The molecule has 4 aliphatic heterocycles. The number of nitrogens with zero attached hydrogens (tertiary/aromatic N) is 2. The Bertz CT molecular complexity index is 1890. The first-order valence-electron chi connectivity index (χ1n) is 24.6. The summed E-state index contributed by atoms with van der Waals surface area (Å²) >= 11 is 38.0. The molecule has 0 bridgehead atoms. The molecule has 418 valence electrons. The Morgan fingerprint density at radius 3 is 0.920 bits per heavy atom. The molecule has 20 heteroatoms. The second-order valence-electron chi connectivity index (χ2n) is 21.5. The normalized spacial score (nSPS) is 33.0. The summed E-state index contributed by atoms with van der Waals surface area (Å²) < 4.78 is 5.96. The number of fused-ring (bicyclic) bond motifs is 4. The van der Waals surface area contributed by atoms with Crippen LogP contribution in [0.3, 0.4) is 0 Å². The number of thioether (sulfide) groups is 4. The molecule has 2 aromatic rings. The quantitative estimate of drug-likeness (QED) is 0.103. The van der Waals surface area contributed by atoms with Gasteiger partial charge in [-0.1, -0.05) is 185 Å². The van der Waals surface area contributed by atoms with E-state index >= 15 is 0 Å². The summed E-state index contributed by atoms with van der Waals surface area (Å²) in [4.78, 5) is 0. The van der Waals surface area contributed by atoms with Crippen molar-refractivity contribution in [2.75, 3.05) is 13.1 Å². The van der Waals surface area contributed by atoms with Crippen LogP contribution in [0.1, 0.15) is 59.8 Å². The van der Waals surface area contributed by atoms with Gasteiger partial charge in [0.25, 0.3) is 0 Å². The molecule has 2 nitrogen and oxygen atoms in total. The van der Waals surface area contributed by atoms with Crippen LogP contribution in [0, 0.1) is 77.0 Å². The molecule has 4 aliphatic carbocycles. The maximum absolute atomic E-state index is 4.94. The molecule has 75 heavy (non-hydrogen) atoms. The number of benzene rings is 2. The van der Waals surface area contributed by atoms with Crippen LogP contribution >= 0.6 is 161 Å². The van der Waals surface area contributed by atoms with Crippen LogP contribution in [0.5, 0.6) is 0 Å². The van der Waals surface area contributed by atoms with Crippen molar-refractivity contribution in [3.05, 3.63) is 141 Å². The number of rotatable bonds is 10. The third-order valence-corrected chi connectivity index (χ3v) is 37.9. The molecule has 0 radical (unpaired) electrons. The molecule has 4 heterocycles. The molecule has 4 fully saturated rings. The molecular weight excluding hydrogens is 1580 g/mol. The van der Waals surface area contributed by atoms with Crippen molar-refractivity contribution >= 4 is 195 Å². The Kier molecular flexibility index (Phi) is 37.4. The maximum Gasteiger partial charge on any atom is 4.00 e. The summed E-state index contributed by atoms with van der Waals surface area (Å²) in [5, 5.41) is 22.0. The van der Waals surface area contributed by atoms with Gasteiger partial charge in [0, 0.05) is 62.6 Å². The molecule has 0 aromatic heterocycles.